The summed E-state index contributed by atoms with van der Waals surface area (Å²) in [5.74, 6) is -4.40. The van der Waals surface area contributed by atoms with Crippen LogP contribution in [0.3, 0.4) is 0 Å². The first kappa shape index (κ1) is 32.8. The fraction of sp³-hybridized carbons (Fsp3) is 0.448. The summed E-state index contributed by atoms with van der Waals surface area (Å²) in [6.45, 7) is 3.80. The van der Waals surface area contributed by atoms with Crippen molar-refractivity contribution in [3.8, 4) is 11.1 Å². The van der Waals surface area contributed by atoms with E-state index < -0.39 is 35.4 Å². The lowest BCUT2D eigenvalue weighted by molar-refractivity contribution is -0.145. The predicted molar refractivity (Wildman–Crippen MR) is 158 cm³/mol. The summed E-state index contributed by atoms with van der Waals surface area (Å²) < 4.78 is 69.2. The number of hydrogen-bond donors (Lipinski definition) is 1. The van der Waals surface area contributed by atoms with Crippen LogP contribution < -0.4 is 9.80 Å². The van der Waals surface area contributed by atoms with Crippen LogP contribution in [0.25, 0.3) is 11.1 Å². The number of carbonyl (C=O) groups is 1. The van der Waals surface area contributed by atoms with Crippen LogP contribution in [0.2, 0.25) is 5.02 Å². The molecular formula is C29H32Cl2F5N5O2. The van der Waals surface area contributed by atoms with E-state index in [0.717, 1.165) is 40.3 Å². The summed E-state index contributed by atoms with van der Waals surface area (Å²) in [6.07, 6.45) is -3.13. The Kier molecular flexibility index (Phi) is 9.82. The van der Waals surface area contributed by atoms with Crippen LogP contribution >= 0.6 is 24.0 Å². The van der Waals surface area contributed by atoms with Gasteiger partial charge in [-0.15, -0.1) is 12.4 Å². The fourth-order valence-electron chi connectivity index (χ4n) is 5.87. The molecule has 2 aliphatic heterocycles. The van der Waals surface area contributed by atoms with Crippen molar-refractivity contribution >= 4 is 41.4 Å². The van der Waals surface area contributed by atoms with Gasteiger partial charge in [0.15, 0.2) is 5.69 Å². The number of aromatic carboxylic acids is 1. The van der Waals surface area contributed by atoms with Crippen LogP contribution in [0.1, 0.15) is 41.9 Å². The first-order chi connectivity index (χ1) is 19.8. The average Bonchev–Trinajstić information content (AvgIpc) is 3.40. The van der Waals surface area contributed by atoms with Gasteiger partial charge in [0.2, 0.25) is 0 Å². The lowest BCUT2D eigenvalue weighted by atomic mass is 9.99. The molecule has 14 heteroatoms. The molecule has 43 heavy (non-hydrogen) atoms. The van der Waals surface area contributed by atoms with E-state index in [4.69, 9.17) is 11.6 Å². The lowest BCUT2D eigenvalue weighted by Gasteiger charge is -2.37. The van der Waals surface area contributed by atoms with E-state index in [1.54, 1.807) is 17.0 Å². The molecule has 1 atom stereocenters. The molecule has 5 rings (SSSR count). The number of hydrogen-bond acceptors (Lipinski definition) is 5. The van der Waals surface area contributed by atoms with Crippen molar-refractivity contribution in [1.29, 1.82) is 0 Å². The Labute approximate surface area is 257 Å². The smallest absolute Gasteiger partial charge is 0.433 e. The molecule has 0 spiro atoms. The minimum Gasteiger partial charge on any atom is -0.478 e. The summed E-state index contributed by atoms with van der Waals surface area (Å²) >= 11 is 6.36. The van der Waals surface area contributed by atoms with Crippen LogP contribution in [-0.2, 0) is 6.18 Å². The van der Waals surface area contributed by atoms with Crippen LogP contribution in [0.4, 0.5) is 33.3 Å². The Morgan fingerprint density at radius 2 is 1.67 bits per heavy atom. The minimum absolute atomic E-state index is 0. The Morgan fingerprint density at radius 1 is 1.00 bits per heavy atom. The van der Waals surface area contributed by atoms with Crippen LogP contribution in [0, 0.1) is 0 Å². The molecule has 2 aliphatic rings. The monoisotopic (exact) mass is 647 g/mol. The van der Waals surface area contributed by atoms with E-state index in [0.29, 0.717) is 50.6 Å². The zero-order chi connectivity index (χ0) is 30.2. The highest BCUT2D eigenvalue weighted by atomic mass is 35.5. The van der Waals surface area contributed by atoms with E-state index in [-0.39, 0.29) is 25.5 Å². The van der Waals surface area contributed by atoms with Gasteiger partial charge in [0.05, 0.1) is 18.8 Å². The van der Waals surface area contributed by atoms with Gasteiger partial charge in [0.1, 0.15) is 5.56 Å². The maximum absolute atomic E-state index is 13.9. The Bertz CT molecular complexity index is 1420. The number of aromatic nitrogens is 2. The highest BCUT2D eigenvalue weighted by Crippen LogP contribution is 2.39. The van der Waals surface area contributed by atoms with Gasteiger partial charge in [-0.05, 0) is 42.7 Å². The van der Waals surface area contributed by atoms with Crippen LogP contribution in [0.15, 0.2) is 48.7 Å². The van der Waals surface area contributed by atoms with Gasteiger partial charge in [0, 0.05) is 68.2 Å². The summed E-state index contributed by atoms with van der Waals surface area (Å²) in [6, 6.07) is 12.6. The second-order valence-electron chi connectivity index (χ2n) is 10.9. The van der Waals surface area contributed by atoms with Gasteiger partial charge < -0.3 is 14.9 Å². The highest BCUT2D eigenvalue weighted by Gasteiger charge is 2.42. The summed E-state index contributed by atoms with van der Waals surface area (Å²) in [5.41, 5.74) is 1.35. The van der Waals surface area contributed by atoms with Gasteiger partial charge in [0.25, 0.3) is 5.92 Å². The fourth-order valence-corrected chi connectivity index (χ4v) is 6.04. The number of piperazine rings is 1. The molecule has 7 nitrogen and oxygen atoms in total. The molecular weight excluding hydrogens is 616 g/mol. The number of halogens is 7. The zero-order valence-corrected chi connectivity index (χ0v) is 24.9. The molecule has 1 aromatic heterocycles. The lowest BCUT2D eigenvalue weighted by Crippen LogP contribution is -2.49. The van der Waals surface area contributed by atoms with Crippen molar-refractivity contribution in [3.05, 3.63) is 64.9 Å². The number of rotatable bonds is 7. The maximum Gasteiger partial charge on any atom is 0.433 e. The number of piperidine rings is 1. The minimum atomic E-state index is -4.87. The molecule has 1 N–H and O–H groups in total. The third kappa shape index (κ3) is 7.53. The average molecular weight is 649 g/mol. The topological polar surface area (TPSA) is 64.8 Å². The normalized spacial score (nSPS) is 18.4. The van der Waals surface area contributed by atoms with Crippen LogP contribution in [0.5, 0.6) is 0 Å². The van der Waals surface area contributed by atoms with Crippen molar-refractivity contribution in [3.63, 3.8) is 0 Å². The van der Waals surface area contributed by atoms with Crippen molar-refractivity contribution in [2.45, 2.75) is 37.9 Å². The first-order valence-electron chi connectivity index (χ1n) is 13.7. The molecule has 2 saturated heterocycles. The SMILES string of the molecule is CC(F)(F)CN1CCN(c2ccc(-c3ccc(Cl)cc3N3CCCC(n4ncc(C(=O)O)c4C(F)(F)F)C3)cc2)CC1.Cl. The molecule has 0 amide bonds. The summed E-state index contributed by atoms with van der Waals surface area (Å²) in [4.78, 5) is 17.4. The number of alkyl halides is 5. The van der Waals surface area contributed by atoms with Crippen LogP contribution in [-0.4, -0.2) is 77.5 Å². The molecule has 1 unspecified atom stereocenters. The third-order valence-corrected chi connectivity index (χ3v) is 7.99. The molecule has 234 valence electrons. The van der Waals surface area contributed by atoms with E-state index in [2.05, 4.69) is 10.00 Å². The maximum atomic E-state index is 13.9. The Balaban J connectivity index is 0.00000423. The molecule has 2 fully saturated rings. The van der Waals surface area contributed by atoms with Gasteiger partial charge in [-0.25, -0.2) is 13.6 Å². The number of carboxylic acid groups (broad SMARTS) is 1. The van der Waals surface area contributed by atoms with Gasteiger partial charge >= 0.3 is 12.1 Å². The van der Waals surface area contributed by atoms with Gasteiger partial charge in [-0.2, -0.15) is 18.3 Å². The van der Waals surface area contributed by atoms with E-state index in [1.165, 1.54) is 0 Å². The number of carboxylic acids is 1. The van der Waals surface area contributed by atoms with E-state index in [9.17, 15) is 31.9 Å². The van der Waals surface area contributed by atoms with Gasteiger partial charge in [-0.3, -0.25) is 9.58 Å². The van der Waals surface area contributed by atoms with Crippen molar-refractivity contribution in [1.82, 2.24) is 14.7 Å². The van der Waals surface area contributed by atoms with Crippen molar-refractivity contribution in [2.75, 3.05) is 55.6 Å². The summed E-state index contributed by atoms with van der Waals surface area (Å²) in [5, 5.41) is 13.6. The van der Waals surface area contributed by atoms with E-state index in [1.807, 2.05) is 35.2 Å². The molecule has 0 aliphatic carbocycles. The molecule has 0 saturated carbocycles. The molecule has 0 bridgehead atoms. The second kappa shape index (κ2) is 12.9. The van der Waals surface area contributed by atoms with Crippen molar-refractivity contribution < 1.29 is 31.9 Å². The van der Waals surface area contributed by atoms with E-state index >= 15 is 0 Å². The Hall–Kier alpha value is -3.09. The first-order valence-corrected chi connectivity index (χ1v) is 14.1. The molecule has 2 aromatic carbocycles. The second-order valence-corrected chi connectivity index (χ2v) is 11.4. The predicted octanol–water partition coefficient (Wildman–Crippen LogP) is 6.96. The van der Waals surface area contributed by atoms with Gasteiger partial charge in [-0.1, -0.05) is 29.8 Å². The van der Waals surface area contributed by atoms with Crippen molar-refractivity contribution in [2.24, 2.45) is 0 Å². The quantitative estimate of drug-likeness (QED) is 0.280. The highest BCUT2D eigenvalue weighted by molar-refractivity contribution is 6.31. The molecule has 3 aromatic rings. The summed E-state index contributed by atoms with van der Waals surface area (Å²) in [7, 11) is 0. The third-order valence-electron chi connectivity index (χ3n) is 7.75. The largest absolute Gasteiger partial charge is 0.478 e. The zero-order valence-electron chi connectivity index (χ0n) is 23.3. The number of benzene rings is 2. The number of nitrogens with zero attached hydrogens (tertiary/aromatic N) is 5. The Morgan fingerprint density at radius 3 is 2.28 bits per heavy atom. The molecule has 3 heterocycles. The molecule has 0 radical (unpaired) electrons. The number of anilines is 2. The standard InChI is InChI=1S/C29H31ClF5N5O2.ClH/c1-28(31,32)18-37-11-13-38(14-12-37)21-7-4-19(5-8-21)23-9-6-20(30)15-25(23)39-10-2-3-22(17-39)40-26(29(33,34)35)24(16-36-40)27(41)42;/h4-9,15-16,22H,2-3,10-14,17-18H2,1H3,(H,41,42);1H.